The molecular formula is C31H33FN6O4S. The van der Waals surface area contributed by atoms with Crippen molar-refractivity contribution >= 4 is 31.8 Å². The van der Waals surface area contributed by atoms with Crippen LogP contribution in [0.2, 0.25) is 0 Å². The Balaban J connectivity index is 1.60. The fourth-order valence-electron chi connectivity index (χ4n) is 6.33. The summed E-state index contributed by atoms with van der Waals surface area (Å²) < 4.78 is 56.7. The Morgan fingerprint density at radius 2 is 1.84 bits per heavy atom. The smallest absolute Gasteiger partial charge is 0.225 e. The molecule has 224 valence electrons. The highest BCUT2D eigenvalue weighted by Gasteiger charge is 2.34. The second-order valence-electron chi connectivity index (χ2n) is 11.7. The summed E-state index contributed by atoms with van der Waals surface area (Å²) in [6.07, 6.45) is 8.07. The largest absolute Gasteiger partial charge is 0.477 e. The van der Waals surface area contributed by atoms with Crippen LogP contribution in [-0.2, 0) is 21.6 Å². The molecule has 0 bridgehead atoms. The quantitative estimate of drug-likeness (QED) is 0.242. The Kier molecular flexibility index (Phi) is 6.93. The first-order chi connectivity index (χ1) is 20.7. The minimum atomic E-state index is -3.73. The molecular weight excluding hydrogens is 571 g/mol. The van der Waals surface area contributed by atoms with Gasteiger partial charge in [0.1, 0.15) is 16.2 Å². The second kappa shape index (κ2) is 10.7. The predicted molar refractivity (Wildman–Crippen MR) is 159 cm³/mol. The van der Waals surface area contributed by atoms with Crippen LogP contribution in [0.5, 0.6) is 5.88 Å². The Labute approximate surface area is 248 Å². The maximum atomic E-state index is 14.2. The van der Waals surface area contributed by atoms with E-state index in [1.165, 1.54) is 24.6 Å². The molecule has 2 fully saturated rings. The summed E-state index contributed by atoms with van der Waals surface area (Å²) in [6.45, 7) is 3.56. The highest BCUT2D eigenvalue weighted by Crippen LogP contribution is 2.45. The van der Waals surface area contributed by atoms with Gasteiger partial charge in [0.2, 0.25) is 5.88 Å². The number of ether oxygens (including phenoxy) is 2. The number of sulfone groups is 1. The molecule has 12 heteroatoms. The van der Waals surface area contributed by atoms with Gasteiger partial charge in [-0.25, -0.2) is 22.5 Å². The van der Waals surface area contributed by atoms with Crippen molar-refractivity contribution in [3.05, 3.63) is 59.8 Å². The Morgan fingerprint density at radius 3 is 2.49 bits per heavy atom. The second-order valence-corrected chi connectivity index (χ2v) is 13.7. The molecule has 0 N–H and O–H groups in total. The zero-order valence-electron chi connectivity index (χ0n) is 24.3. The van der Waals surface area contributed by atoms with Crippen molar-refractivity contribution in [3.63, 3.8) is 0 Å². The first-order valence-electron chi connectivity index (χ1n) is 14.6. The third-order valence-corrected chi connectivity index (χ3v) is 9.71. The van der Waals surface area contributed by atoms with Gasteiger partial charge in [-0.3, -0.25) is 4.98 Å². The molecule has 10 nitrogen and oxygen atoms in total. The van der Waals surface area contributed by atoms with E-state index in [1.807, 2.05) is 20.0 Å². The number of nitrogens with zero attached hydrogens (tertiary/aromatic N) is 6. The van der Waals surface area contributed by atoms with E-state index < -0.39 is 9.84 Å². The number of halogens is 1. The van der Waals surface area contributed by atoms with Crippen LogP contribution in [0, 0.1) is 24.6 Å². The SMILES string of the molecule is Cc1nnn(C)c1-c1cnc2c3c(OCC4CC4)ncc(S(C)(=O)=O)c3n([C@H](c3ccc(F)cc3)C3CCOCC3)c2c1. The standard InChI is InChI=1S/C31H33FN6O4S/c1-18-28(37(2)36-35-18)22-14-24-27(33-15-22)26-30(25(43(3,39)40)16-34-31(26)42-17-19-4-5-19)38(24)29(21-10-12-41-13-11-21)20-6-8-23(32)9-7-20/h6-9,14-16,19,21,29H,4-5,10-13,17H2,1-3H3/t29-/m1/s1. The van der Waals surface area contributed by atoms with Crippen LogP contribution in [0.1, 0.15) is 43.0 Å². The highest BCUT2D eigenvalue weighted by atomic mass is 32.2. The van der Waals surface area contributed by atoms with Gasteiger partial charge in [-0.15, -0.1) is 5.10 Å². The lowest BCUT2D eigenvalue weighted by Gasteiger charge is -2.33. The van der Waals surface area contributed by atoms with E-state index in [0.717, 1.165) is 53.7 Å². The molecule has 1 aliphatic carbocycles. The maximum absolute atomic E-state index is 14.2. The Hall–Kier alpha value is -3.90. The molecule has 1 aromatic carbocycles. The Bertz CT molecular complexity index is 1920. The summed E-state index contributed by atoms with van der Waals surface area (Å²) in [6, 6.07) is 8.14. The van der Waals surface area contributed by atoms with Crippen molar-refractivity contribution in [1.82, 2.24) is 29.5 Å². The van der Waals surface area contributed by atoms with E-state index in [0.29, 0.717) is 48.0 Å². The topological polar surface area (TPSA) is 114 Å². The first kappa shape index (κ1) is 27.9. The summed E-state index contributed by atoms with van der Waals surface area (Å²) >= 11 is 0. The van der Waals surface area contributed by atoms with Crippen molar-refractivity contribution in [3.8, 4) is 17.1 Å². The van der Waals surface area contributed by atoms with Crippen molar-refractivity contribution in [2.75, 3.05) is 26.1 Å². The lowest BCUT2D eigenvalue weighted by Crippen LogP contribution is -2.27. The zero-order chi connectivity index (χ0) is 29.9. The number of benzene rings is 1. The average Bonchev–Trinajstić information content (AvgIpc) is 3.69. The monoisotopic (exact) mass is 604 g/mol. The summed E-state index contributed by atoms with van der Waals surface area (Å²) in [7, 11) is -1.90. The number of rotatable bonds is 8. The van der Waals surface area contributed by atoms with Crippen molar-refractivity contribution < 1.29 is 22.3 Å². The molecule has 0 radical (unpaired) electrons. The van der Waals surface area contributed by atoms with E-state index in [-0.39, 0.29) is 22.7 Å². The fraction of sp³-hybridized carbons (Fsp3) is 0.419. The summed E-state index contributed by atoms with van der Waals surface area (Å²) in [5, 5.41) is 8.97. The van der Waals surface area contributed by atoms with Crippen LogP contribution in [0.25, 0.3) is 33.2 Å². The van der Waals surface area contributed by atoms with E-state index in [9.17, 15) is 12.8 Å². The van der Waals surface area contributed by atoms with Crippen LogP contribution in [0.4, 0.5) is 4.39 Å². The van der Waals surface area contributed by atoms with E-state index in [1.54, 1.807) is 23.0 Å². The van der Waals surface area contributed by atoms with Crippen LogP contribution < -0.4 is 4.74 Å². The van der Waals surface area contributed by atoms with Crippen molar-refractivity contribution in [2.24, 2.45) is 18.9 Å². The zero-order valence-corrected chi connectivity index (χ0v) is 25.1. The molecule has 1 saturated heterocycles. The summed E-state index contributed by atoms with van der Waals surface area (Å²) in [5.41, 5.74) is 5.02. The number of pyridine rings is 2. The molecule has 1 atom stereocenters. The Morgan fingerprint density at radius 1 is 1.09 bits per heavy atom. The maximum Gasteiger partial charge on any atom is 0.225 e. The number of aromatic nitrogens is 6. The van der Waals surface area contributed by atoms with Crippen LogP contribution >= 0.6 is 0 Å². The van der Waals surface area contributed by atoms with Gasteiger partial charge in [0.25, 0.3) is 0 Å². The van der Waals surface area contributed by atoms with Crippen LogP contribution in [0.3, 0.4) is 0 Å². The predicted octanol–water partition coefficient (Wildman–Crippen LogP) is 5.04. The fourth-order valence-corrected chi connectivity index (χ4v) is 7.13. The van der Waals surface area contributed by atoms with Gasteiger partial charge in [0, 0.05) is 38.3 Å². The summed E-state index contributed by atoms with van der Waals surface area (Å²) in [5.74, 6) is 0.574. The molecule has 2 aliphatic rings. The van der Waals surface area contributed by atoms with Crippen molar-refractivity contribution in [2.45, 2.75) is 43.5 Å². The molecule has 7 rings (SSSR count). The average molecular weight is 605 g/mol. The minimum Gasteiger partial charge on any atom is -0.477 e. The van der Waals surface area contributed by atoms with E-state index in [2.05, 4.69) is 19.9 Å². The molecule has 5 aromatic rings. The van der Waals surface area contributed by atoms with Crippen LogP contribution in [0.15, 0.2) is 47.6 Å². The van der Waals surface area contributed by atoms with Gasteiger partial charge in [0.15, 0.2) is 9.84 Å². The van der Waals surface area contributed by atoms with Gasteiger partial charge in [-0.05, 0) is 68.2 Å². The van der Waals surface area contributed by atoms with Gasteiger partial charge in [0.05, 0.1) is 46.7 Å². The number of fused-ring (bicyclic) bond motifs is 3. The number of aryl methyl sites for hydroxylation is 2. The van der Waals surface area contributed by atoms with Gasteiger partial charge < -0.3 is 14.0 Å². The lowest BCUT2D eigenvalue weighted by atomic mass is 9.86. The minimum absolute atomic E-state index is 0.0816. The highest BCUT2D eigenvalue weighted by molar-refractivity contribution is 7.91. The molecule has 1 aliphatic heterocycles. The van der Waals surface area contributed by atoms with Crippen molar-refractivity contribution in [1.29, 1.82) is 0 Å². The first-order valence-corrected chi connectivity index (χ1v) is 16.4. The molecule has 43 heavy (non-hydrogen) atoms. The van der Waals surface area contributed by atoms with Crippen LogP contribution in [-0.4, -0.2) is 64.0 Å². The van der Waals surface area contributed by atoms with Gasteiger partial charge >= 0.3 is 0 Å². The number of hydrogen-bond acceptors (Lipinski definition) is 8. The normalized spacial score (nSPS) is 17.1. The number of hydrogen-bond donors (Lipinski definition) is 0. The van der Waals surface area contributed by atoms with Gasteiger partial charge in [-0.1, -0.05) is 17.3 Å². The molecule has 4 aromatic heterocycles. The lowest BCUT2D eigenvalue weighted by molar-refractivity contribution is 0.0552. The molecule has 1 saturated carbocycles. The summed E-state index contributed by atoms with van der Waals surface area (Å²) in [4.78, 5) is 9.58. The third kappa shape index (κ3) is 5.06. The van der Waals surface area contributed by atoms with E-state index in [4.69, 9.17) is 14.5 Å². The van der Waals surface area contributed by atoms with Gasteiger partial charge in [-0.2, -0.15) is 0 Å². The molecule has 5 heterocycles. The molecule has 0 amide bonds. The van der Waals surface area contributed by atoms with E-state index >= 15 is 0 Å². The molecule has 0 unspecified atom stereocenters. The third-order valence-electron chi connectivity index (χ3n) is 8.61. The molecule has 0 spiro atoms.